The minimum atomic E-state index is -3.82. The van der Waals surface area contributed by atoms with Gasteiger partial charge in [0.05, 0.1) is 10.9 Å². The fraction of sp³-hybridized carbons (Fsp3) is 0.462. The highest BCUT2D eigenvalue weighted by molar-refractivity contribution is 7.89. The SMILES string of the molecule is CCC(C)C(N)C(=O)Nc1cccc(S(N)(=O)=O)c1C. The van der Waals surface area contributed by atoms with Gasteiger partial charge in [0.2, 0.25) is 15.9 Å². The first kappa shape index (κ1) is 16.6. The van der Waals surface area contributed by atoms with E-state index in [0.29, 0.717) is 11.3 Å². The fourth-order valence-corrected chi connectivity index (χ4v) is 2.59. The summed E-state index contributed by atoms with van der Waals surface area (Å²) in [5.41, 5.74) is 6.64. The van der Waals surface area contributed by atoms with Crippen molar-refractivity contribution in [1.82, 2.24) is 0 Å². The first-order valence-electron chi connectivity index (χ1n) is 6.37. The highest BCUT2D eigenvalue weighted by Gasteiger charge is 2.21. The Bertz CT molecular complexity index is 599. The van der Waals surface area contributed by atoms with Crippen LogP contribution in [0.25, 0.3) is 0 Å². The minimum Gasteiger partial charge on any atom is -0.324 e. The molecule has 0 aliphatic carbocycles. The van der Waals surface area contributed by atoms with E-state index in [1.807, 2.05) is 13.8 Å². The number of hydrogen-bond donors (Lipinski definition) is 3. The fourth-order valence-electron chi connectivity index (χ4n) is 1.79. The quantitative estimate of drug-likeness (QED) is 0.750. The molecule has 0 saturated carbocycles. The number of nitrogens with one attached hydrogen (secondary N) is 1. The maximum Gasteiger partial charge on any atom is 0.241 e. The molecule has 1 aromatic rings. The summed E-state index contributed by atoms with van der Waals surface area (Å²) in [5.74, 6) is -0.300. The maximum absolute atomic E-state index is 12.0. The molecule has 0 saturated heterocycles. The largest absolute Gasteiger partial charge is 0.324 e. The van der Waals surface area contributed by atoms with Crippen molar-refractivity contribution in [3.05, 3.63) is 23.8 Å². The number of carbonyl (C=O) groups excluding carboxylic acids is 1. The van der Waals surface area contributed by atoms with Gasteiger partial charge in [0.1, 0.15) is 0 Å². The molecule has 2 atom stereocenters. The molecule has 2 unspecified atom stereocenters. The number of amides is 1. The van der Waals surface area contributed by atoms with Gasteiger partial charge in [-0.15, -0.1) is 0 Å². The second-order valence-electron chi connectivity index (χ2n) is 4.87. The Hall–Kier alpha value is -1.44. The van der Waals surface area contributed by atoms with Gasteiger partial charge in [0.15, 0.2) is 0 Å². The molecule has 1 amide bonds. The Balaban J connectivity index is 3.03. The van der Waals surface area contributed by atoms with Crippen molar-refractivity contribution < 1.29 is 13.2 Å². The second-order valence-corrected chi connectivity index (χ2v) is 6.40. The highest BCUT2D eigenvalue weighted by atomic mass is 32.2. The molecule has 0 radical (unpaired) electrons. The van der Waals surface area contributed by atoms with Gasteiger partial charge in [-0.05, 0) is 30.5 Å². The second kappa shape index (κ2) is 6.34. The van der Waals surface area contributed by atoms with Gasteiger partial charge in [-0.1, -0.05) is 26.3 Å². The number of nitrogens with two attached hydrogens (primary N) is 2. The Morgan fingerprint density at radius 1 is 1.40 bits per heavy atom. The van der Waals surface area contributed by atoms with E-state index in [-0.39, 0.29) is 16.7 Å². The molecule has 20 heavy (non-hydrogen) atoms. The van der Waals surface area contributed by atoms with Crippen LogP contribution in [0.3, 0.4) is 0 Å². The number of rotatable bonds is 5. The average molecular weight is 299 g/mol. The number of carbonyl (C=O) groups is 1. The van der Waals surface area contributed by atoms with E-state index in [1.165, 1.54) is 12.1 Å². The van der Waals surface area contributed by atoms with Crippen molar-refractivity contribution in [2.75, 3.05) is 5.32 Å². The molecule has 1 aromatic carbocycles. The van der Waals surface area contributed by atoms with Crippen LogP contribution in [0.4, 0.5) is 5.69 Å². The summed E-state index contributed by atoms with van der Waals surface area (Å²) in [6.45, 7) is 5.42. The van der Waals surface area contributed by atoms with Gasteiger partial charge in [0.25, 0.3) is 0 Å². The molecule has 7 heteroatoms. The molecule has 1 rings (SSSR count). The topological polar surface area (TPSA) is 115 Å². The number of sulfonamides is 1. The maximum atomic E-state index is 12.0. The summed E-state index contributed by atoms with van der Waals surface area (Å²) in [6, 6.07) is 3.90. The molecule has 0 aliphatic rings. The molecule has 0 aliphatic heterocycles. The highest BCUT2D eigenvalue weighted by Crippen LogP contribution is 2.22. The average Bonchev–Trinajstić information content (AvgIpc) is 2.37. The molecule has 0 heterocycles. The number of hydrogen-bond acceptors (Lipinski definition) is 4. The van der Waals surface area contributed by atoms with Crippen molar-refractivity contribution in [3.63, 3.8) is 0 Å². The van der Waals surface area contributed by atoms with Gasteiger partial charge < -0.3 is 11.1 Å². The van der Waals surface area contributed by atoms with Gasteiger partial charge in [-0.3, -0.25) is 4.79 Å². The van der Waals surface area contributed by atoms with Crippen LogP contribution in [0.1, 0.15) is 25.8 Å². The lowest BCUT2D eigenvalue weighted by Crippen LogP contribution is -2.40. The minimum absolute atomic E-state index is 0.00703. The molecule has 5 N–H and O–H groups in total. The third kappa shape index (κ3) is 3.78. The summed E-state index contributed by atoms with van der Waals surface area (Å²) >= 11 is 0. The smallest absolute Gasteiger partial charge is 0.241 e. The van der Waals surface area contributed by atoms with Gasteiger partial charge >= 0.3 is 0 Å². The number of benzene rings is 1. The monoisotopic (exact) mass is 299 g/mol. The Morgan fingerprint density at radius 2 is 2.00 bits per heavy atom. The Labute approximate surface area is 119 Å². The molecule has 0 spiro atoms. The normalized spacial score (nSPS) is 14.7. The van der Waals surface area contributed by atoms with Gasteiger partial charge in [0, 0.05) is 5.69 Å². The Kier molecular flexibility index (Phi) is 5.27. The molecule has 0 fully saturated rings. The van der Waals surface area contributed by atoms with Crippen molar-refractivity contribution >= 4 is 21.6 Å². The standard InChI is InChI=1S/C13H21N3O3S/c1-4-8(2)12(14)13(17)16-10-6-5-7-11(9(10)3)20(15,18)19/h5-8,12H,4,14H2,1-3H3,(H,16,17)(H2,15,18,19). The van der Waals surface area contributed by atoms with E-state index in [1.54, 1.807) is 13.0 Å². The molecular weight excluding hydrogens is 278 g/mol. The lowest BCUT2D eigenvalue weighted by Gasteiger charge is -2.19. The van der Waals surface area contributed by atoms with Crippen LogP contribution in [0, 0.1) is 12.8 Å². The van der Waals surface area contributed by atoms with E-state index in [4.69, 9.17) is 10.9 Å². The van der Waals surface area contributed by atoms with Crippen LogP contribution in [0.2, 0.25) is 0 Å². The van der Waals surface area contributed by atoms with E-state index >= 15 is 0 Å². The summed E-state index contributed by atoms with van der Waals surface area (Å²) in [5, 5.41) is 7.78. The van der Waals surface area contributed by atoms with E-state index in [9.17, 15) is 13.2 Å². The zero-order valence-corrected chi connectivity index (χ0v) is 12.7. The third-order valence-corrected chi connectivity index (χ3v) is 4.46. The van der Waals surface area contributed by atoms with Gasteiger partial charge in [-0.2, -0.15) is 0 Å². The summed E-state index contributed by atoms with van der Waals surface area (Å²) < 4.78 is 22.8. The lowest BCUT2D eigenvalue weighted by atomic mass is 9.99. The predicted molar refractivity (Wildman–Crippen MR) is 78.6 cm³/mol. The molecule has 0 aromatic heterocycles. The zero-order valence-electron chi connectivity index (χ0n) is 11.9. The van der Waals surface area contributed by atoms with Crippen LogP contribution in [0.5, 0.6) is 0 Å². The molecule has 112 valence electrons. The first-order chi connectivity index (χ1) is 9.18. The summed E-state index contributed by atoms with van der Waals surface area (Å²) in [6.07, 6.45) is 0.783. The lowest BCUT2D eigenvalue weighted by molar-refractivity contribution is -0.118. The van der Waals surface area contributed by atoms with Crippen LogP contribution in [0.15, 0.2) is 23.1 Å². The number of anilines is 1. The molecular formula is C13H21N3O3S. The summed E-state index contributed by atoms with van der Waals surface area (Å²) in [4.78, 5) is 12.0. The third-order valence-electron chi connectivity index (χ3n) is 3.41. The van der Waals surface area contributed by atoms with Crippen LogP contribution in [-0.4, -0.2) is 20.4 Å². The van der Waals surface area contributed by atoms with Crippen molar-refractivity contribution in [2.24, 2.45) is 16.8 Å². The van der Waals surface area contributed by atoms with E-state index in [0.717, 1.165) is 6.42 Å². The Morgan fingerprint density at radius 3 is 2.50 bits per heavy atom. The van der Waals surface area contributed by atoms with Crippen LogP contribution < -0.4 is 16.2 Å². The van der Waals surface area contributed by atoms with Crippen LogP contribution in [-0.2, 0) is 14.8 Å². The summed E-state index contributed by atoms with van der Waals surface area (Å²) in [7, 11) is -3.82. The van der Waals surface area contributed by atoms with Crippen molar-refractivity contribution in [1.29, 1.82) is 0 Å². The van der Waals surface area contributed by atoms with Crippen molar-refractivity contribution in [3.8, 4) is 0 Å². The number of primary sulfonamides is 1. The predicted octanol–water partition coefficient (Wildman–Crippen LogP) is 0.954. The van der Waals surface area contributed by atoms with Crippen LogP contribution >= 0.6 is 0 Å². The van der Waals surface area contributed by atoms with E-state index < -0.39 is 16.1 Å². The van der Waals surface area contributed by atoms with Crippen molar-refractivity contribution in [2.45, 2.75) is 38.1 Å². The molecule has 6 nitrogen and oxygen atoms in total. The van der Waals surface area contributed by atoms with Gasteiger partial charge in [-0.25, -0.2) is 13.6 Å². The molecule has 0 bridgehead atoms. The first-order valence-corrected chi connectivity index (χ1v) is 7.92. The van der Waals surface area contributed by atoms with E-state index in [2.05, 4.69) is 5.32 Å². The zero-order chi connectivity index (χ0) is 15.5.